The number of halogens is 2. The summed E-state index contributed by atoms with van der Waals surface area (Å²) in [6.07, 6.45) is 3.09. The van der Waals surface area contributed by atoms with Crippen molar-refractivity contribution in [3.63, 3.8) is 0 Å². The minimum absolute atomic E-state index is 0.140. The van der Waals surface area contributed by atoms with Crippen molar-refractivity contribution in [3.8, 4) is 11.8 Å². The number of hydrogen-bond acceptors (Lipinski definition) is 6. The third kappa shape index (κ3) is 7.58. The van der Waals surface area contributed by atoms with Crippen LogP contribution in [-0.4, -0.2) is 35.1 Å². The van der Waals surface area contributed by atoms with Crippen molar-refractivity contribution >= 4 is 57.6 Å². The molecule has 0 aliphatic rings. The van der Waals surface area contributed by atoms with Crippen LogP contribution in [-0.2, 0) is 0 Å². The number of urea groups is 1. The second kappa shape index (κ2) is 12.0. The Morgan fingerprint density at radius 1 is 1.09 bits per heavy atom. The molecule has 0 aliphatic carbocycles. The van der Waals surface area contributed by atoms with E-state index in [0.29, 0.717) is 41.6 Å². The van der Waals surface area contributed by atoms with Gasteiger partial charge in [0.2, 0.25) is 0 Å². The molecule has 0 atom stereocenters. The Hall–Kier alpha value is -3.43. The fourth-order valence-electron chi connectivity index (χ4n) is 2.61. The van der Waals surface area contributed by atoms with E-state index in [1.807, 2.05) is 18.2 Å². The molecular weight excluding hydrogens is 559 g/mol. The van der Waals surface area contributed by atoms with Crippen LogP contribution in [0.5, 0.6) is 5.75 Å². The first kappa shape index (κ1) is 24.2. The van der Waals surface area contributed by atoms with Gasteiger partial charge in [0.05, 0.1) is 24.7 Å². The number of rotatable bonds is 8. The van der Waals surface area contributed by atoms with E-state index in [0.717, 1.165) is 3.57 Å². The van der Waals surface area contributed by atoms with Crippen LogP contribution in [0.3, 0.4) is 0 Å². The lowest BCUT2D eigenvalue weighted by Crippen LogP contribution is -2.25. The van der Waals surface area contributed by atoms with Gasteiger partial charge >= 0.3 is 6.03 Å². The maximum Gasteiger partial charge on any atom is 0.325 e. The molecule has 3 rings (SSSR count). The van der Waals surface area contributed by atoms with Crippen LogP contribution in [0.2, 0.25) is 5.02 Å². The predicted molar refractivity (Wildman–Crippen MR) is 132 cm³/mol. The summed E-state index contributed by atoms with van der Waals surface area (Å²) in [5.41, 5.74) is 1.10. The second-order valence-corrected chi connectivity index (χ2v) is 8.27. The smallest absolute Gasteiger partial charge is 0.325 e. The number of anilines is 2. The standard InChI is InChI=1S/C22H18ClIN6O3/c23-15-4-7-19(33-9-1-8-26-21(31)14-2-5-16(24)6-3-14)18(10-15)29-22(32)30-20-13-27-17(11-25)12-28-20/h2-7,10,12-13H,1,8-9H2,(H,26,31)(H2,28,29,30,32). The normalized spacial score (nSPS) is 10.1. The Morgan fingerprint density at radius 3 is 2.58 bits per heavy atom. The van der Waals surface area contributed by atoms with Crippen LogP contribution in [0.25, 0.3) is 0 Å². The van der Waals surface area contributed by atoms with E-state index < -0.39 is 6.03 Å². The highest BCUT2D eigenvalue weighted by molar-refractivity contribution is 14.1. The topological polar surface area (TPSA) is 129 Å². The Bertz CT molecular complexity index is 1170. The van der Waals surface area contributed by atoms with Gasteiger partial charge in [-0.3, -0.25) is 10.1 Å². The van der Waals surface area contributed by atoms with Crippen molar-refractivity contribution < 1.29 is 14.3 Å². The van der Waals surface area contributed by atoms with E-state index in [1.165, 1.54) is 12.4 Å². The highest BCUT2D eigenvalue weighted by atomic mass is 127. The van der Waals surface area contributed by atoms with Crippen molar-refractivity contribution in [1.29, 1.82) is 5.26 Å². The number of nitrogens with one attached hydrogen (secondary N) is 3. The van der Waals surface area contributed by atoms with E-state index in [-0.39, 0.29) is 17.4 Å². The van der Waals surface area contributed by atoms with Crippen LogP contribution in [0, 0.1) is 14.9 Å². The van der Waals surface area contributed by atoms with E-state index in [1.54, 1.807) is 30.3 Å². The minimum atomic E-state index is -0.578. The van der Waals surface area contributed by atoms with Crippen LogP contribution in [0.1, 0.15) is 22.5 Å². The number of hydrogen-bond donors (Lipinski definition) is 3. The number of ether oxygens (including phenoxy) is 1. The van der Waals surface area contributed by atoms with Crippen LogP contribution in [0.15, 0.2) is 54.9 Å². The van der Waals surface area contributed by atoms with E-state index in [2.05, 4.69) is 48.5 Å². The molecule has 33 heavy (non-hydrogen) atoms. The molecule has 0 bridgehead atoms. The quantitative estimate of drug-likeness (QED) is 0.268. The van der Waals surface area contributed by atoms with Crippen molar-refractivity contribution in [2.24, 2.45) is 0 Å². The highest BCUT2D eigenvalue weighted by Crippen LogP contribution is 2.28. The molecule has 3 aromatic rings. The molecule has 0 saturated heterocycles. The highest BCUT2D eigenvalue weighted by Gasteiger charge is 2.11. The van der Waals surface area contributed by atoms with Gasteiger partial charge in [-0.25, -0.2) is 14.8 Å². The summed E-state index contributed by atoms with van der Waals surface area (Å²) in [5.74, 6) is 0.451. The van der Waals surface area contributed by atoms with Crippen molar-refractivity contribution in [2.75, 3.05) is 23.8 Å². The number of amides is 3. The van der Waals surface area contributed by atoms with E-state index in [9.17, 15) is 9.59 Å². The first-order valence-corrected chi connectivity index (χ1v) is 11.2. The summed E-state index contributed by atoms with van der Waals surface area (Å²) >= 11 is 8.23. The van der Waals surface area contributed by atoms with Gasteiger partial charge in [0.25, 0.3) is 5.91 Å². The fourth-order valence-corrected chi connectivity index (χ4v) is 3.14. The summed E-state index contributed by atoms with van der Waals surface area (Å²) in [7, 11) is 0. The molecule has 0 fully saturated rings. The minimum Gasteiger partial charge on any atom is -0.491 e. The number of carbonyl (C=O) groups is 2. The first-order valence-electron chi connectivity index (χ1n) is 9.71. The molecule has 2 aromatic carbocycles. The molecule has 1 heterocycles. The average molecular weight is 577 g/mol. The molecule has 9 nitrogen and oxygen atoms in total. The molecule has 168 valence electrons. The maximum absolute atomic E-state index is 12.3. The summed E-state index contributed by atoms with van der Waals surface area (Å²) in [6, 6.07) is 13.4. The Labute approximate surface area is 208 Å². The lowest BCUT2D eigenvalue weighted by molar-refractivity contribution is 0.0951. The Kier molecular flexibility index (Phi) is 8.79. The van der Waals surface area contributed by atoms with Gasteiger partial charge in [-0.1, -0.05) is 11.6 Å². The van der Waals surface area contributed by atoms with E-state index >= 15 is 0 Å². The van der Waals surface area contributed by atoms with Crippen molar-refractivity contribution in [2.45, 2.75) is 6.42 Å². The van der Waals surface area contributed by atoms with Gasteiger partial charge in [0, 0.05) is 20.7 Å². The molecule has 0 spiro atoms. The summed E-state index contributed by atoms with van der Waals surface area (Å²) in [5, 5.41) is 17.2. The molecular formula is C22H18ClIN6O3. The summed E-state index contributed by atoms with van der Waals surface area (Å²) in [6.45, 7) is 0.741. The second-order valence-electron chi connectivity index (χ2n) is 6.58. The van der Waals surface area contributed by atoms with Gasteiger partial charge in [-0.2, -0.15) is 5.26 Å². The van der Waals surface area contributed by atoms with Gasteiger partial charge in [0.15, 0.2) is 11.5 Å². The lowest BCUT2D eigenvalue weighted by atomic mass is 10.2. The van der Waals surface area contributed by atoms with Crippen LogP contribution in [0.4, 0.5) is 16.3 Å². The Morgan fingerprint density at radius 2 is 1.88 bits per heavy atom. The van der Waals surface area contributed by atoms with E-state index in [4.69, 9.17) is 21.6 Å². The first-order chi connectivity index (χ1) is 15.9. The van der Waals surface area contributed by atoms with Crippen molar-refractivity contribution in [3.05, 3.63) is 74.7 Å². The summed E-state index contributed by atoms with van der Waals surface area (Å²) in [4.78, 5) is 32.2. The Balaban J connectivity index is 1.49. The number of aromatic nitrogens is 2. The van der Waals surface area contributed by atoms with Gasteiger partial charge in [-0.05, 0) is 71.5 Å². The largest absolute Gasteiger partial charge is 0.491 e. The zero-order valence-electron chi connectivity index (χ0n) is 17.1. The maximum atomic E-state index is 12.3. The summed E-state index contributed by atoms with van der Waals surface area (Å²) < 4.78 is 6.82. The zero-order valence-corrected chi connectivity index (χ0v) is 20.1. The fraction of sp³-hybridized carbons (Fsp3) is 0.136. The molecule has 0 radical (unpaired) electrons. The third-order valence-electron chi connectivity index (χ3n) is 4.17. The molecule has 1 aromatic heterocycles. The van der Waals surface area contributed by atoms with Crippen molar-refractivity contribution in [1.82, 2.24) is 15.3 Å². The SMILES string of the molecule is N#Cc1cnc(NC(=O)Nc2cc(Cl)ccc2OCCCNC(=O)c2ccc(I)cc2)cn1. The molecule has 3 N–H and O–H groups in total. The van der Waals surface area contributed by atoms with Crippen LogP contribution < -0.4 is 20.7 Å². The van der Waals surface area contributed by atoms with Crippen LogP contribution >= 0.6 is 34.2 Å². The zero-order chi connectivity index (χ0) is 23.6. The third-order valence-corrected chi connectivity index (χ3v) is 5.12. The molecule has 0 saturated carbocycles. The number of nitrogens with zero attached hydrogens (tertiary/aromatic N) is 3. The molecule has 11 heteroatoms. The number of nitriles is 1. The average Bonchev–Trinajstić information content (AvgIpc) is 2.81. The lowest BCUT2D eigenvalue weighted by Gasteiger charge is -2.13. The monoisotopic (exact) mass is 576 g/mol. The molecule has 0 unspecified atom stereocenters. The molecule has 0 aliphatic heterocycles. The van der Waals surface area contributed by atoms with Gasteiger partial charge in [0.1, 0.15) is 11.8 Å². The molecule has 3 amide bonds. The number of benzene rings is 2. The van der Waals surface area contributed by atoms with Gasteiger partial charge in [-0.15, -0.1) is 0 Å². The number of carbonyl (C=O) groups excluding carboxylic acids is 2. The predicted octanol–water partition coefficient (Wildman–Crippen LogP) is 4.45. The van der Waals surface area contributed by atoms with Gasteiger partial charge < -0.3 is 15.4 Å².